The van der Waals surface area contributed by atoms with Crippen molar-refractivity contribution in [1.29, 1.82) is 0 Å². The van der Waals surface area contributed by atoms with E-state index in [1.165, 1.54) is 11.3 Å². The number of amides is 1. The SMILES string of the molecule is COc1ccc(NC(=O)c2csc(I)c2)cc1N. The van der Waals surface area contributed by atoms with Crippen LogP contribution in [0.1, 0.15) is 10.4 Å². The molecule has 4 nitrogen and oxygen atoms in total. The van der Waals surface area contributed by atoms with Crippen LogP contribution in [0.3, 0.4) is 0 Å². The molecular weight excluding hydrogens is 363 g/mol. The van der Waals surface area contributed by atoms with Crippen LogP contribution < -0.4 is 15.8 Å². The molecule has 18 heavy (non-hydrogen) atoms. The molecule has 1 heterocycles. The van der Waals surface area contributed by atoms with Crippen molar-refractivity contribution in [2.75, 3.05) is 18.2 Å². The number of nitrogens with two attached hydrogens (primary N) is 1. The highest BCUT2D eigenvalue weighted by Gasteiger charge is 2.09. The van der Waals surface area contributed by atoms with Crippen LogP contribution in [0, 0.1) is 2.88 Å². The lowest BCUT2D eigenvalue weighted by Crippen LogP contribution is -2.11. The first-order chi connectivity index (χ1) is 8.60. The smallest absolute Gasteiger partial charge is 0.256 e. The largest absolute Gasteiger partial charge is 0.495 e. The number of methoxy groups -OCH3 is 1. The maximum atomic E-state index is 11.9. The highest BCUT2D eigenvalue weighted by molar-refractivity contribution is 14.1. The molecule has 1 aromatic heterocycles. The summed E-state index contributed by atoms with van der Waals surface area (Å²) in [6, 6.07) is 6.99. The number of anilines is 2. The molecule has 0 saturated carbocycles. The average Bonchev–Trinajstić information content (AvgIpc) is 2.76. The lowest BCUT2D eigenvalue weighted by atomic mass is 10.2. The number of thiophene rings is 1. The molecule has 0 unspecified atom stereocenters. The Morgan fingerprint density at radius 2 is 2.22 bits per heavy atom. The molecule has 2 rings (SSSR count). The minimum absolute atomic E-state index is 0.140. The Bertz CT molecular complexity index is 583. The second kappa shape index (κ2) is 5.57. The maximum absolute atomic E-state index is 11.9. The van der Waals surface area contributed by atoms with Crippen molar-refractivity contribution in [1.82, 2.24) is 0 Å². The fourth-order valence-corrected chi connectivity index (χ4v) is 2.77. The van der Waals surface area contributed by atoms with Gasteiger partial charge in [0.2, 0.25) is 0 Å². The monoisotopic (exact) mass is 374 g/mol. The van der Waals surface area contributed by atoms with E-state index in [-0.39, 0.29) is 5.91 Å². The van der Waals surface area contributed by atoms with E-state index in [9.17, 15) is 4.79 Å². The quantitative estimate of drug-likeness (QED) is 0.641. The number of nitrogens with one attached hydrogen (secondary N) is 1. The second-order valence-electron chi connectivity index (χ2n) is 3.55. The summed E-state index contributed by atoms with van der Waals surface area (Å²) in [5.74, 6) is 0.455. The van der Waals surface area contributed by atoms with Crippen molar-refractivity contribution in [2.45, 2.75) is 0 Å². The van der Waals surface area contributed by atoms with Crippen LogP contribution in [-0.2, 0) is 0 Å². The lowest BCUT2D eigenvalue weighted by Gasteiger charge is -2.08. The summed E-state index contributed by atoms with van der Waals surface area (Å²) in [4.78, 5) is 11.9. The summed E-state index contributed by atoms with van der Waals surface area (Å²) in [5, 5.41) is 4.62. The molecule has 0 saturated heterocycles. The van der Waals surface area contributed by atoms with Gasteiger partial charge in [-0.05, 0) is 46.9 Å². The fraction of sp³-hybridized carbons (Fsp3) is 0.0833. The van der Waals surface area contributed by atoms with Crippen LogP contribution >= 0.6 is 33.9 Å². The molecule has 0 radical (unpaired) electrons. The van der Waals surface area contributed by atoms with Gasteiger partial charge in [-0.3, -0.25) is 4.79 Å². The summed E-state index contributed by atoms with van der Waals surface area (Å²) >= 11 is 3.72. The van der Waals surface area contributed by atoms with E-state index in [4.69, 9.17) is 10.5 Å². The normalized spacial score (nSPS) is 10.1. The van der Waals surface area contributed by atoms with Gasteiger partial charge < -0.3 is 15.8 Å². The van der Waals surface area contributed by atoms with Crippen molar-refractivity contribution < 1.29 is 9.53 Å². The second-order valence-corrected chi connectivity index (χ2v) is 6.36. The Balaban J connectivity index is 2.14. The molecule has 0 bridgehead atoms. The van der Waals surface area contributed by atoms with E-state index in [1.54, 1.807) is 25.3 Å². The van der Waals surface area contributed by atoms with Gasteiger partial charge in [0.05, 0.1) is 21.2 Å². The summed E-state index contributed by atoms with van der Waals surface area (Å²) < 4.78 is 6.13. The molecule has 3 N–H and O–H groups in total. The third-order valence-corrected chi connectivity index (χ3v) is 4.11. The molecule has 0 spiro atoms. The van der Waals surface area contributed by atoms with Gasteiger partial charge in [0.25, 0.3) is 5.91 Å². The molecule has 0 aliphatic rings. The number of hydrogen-bond acceptors (Lipinski definition) is 4. The minimum Gasteiger partial charge on any atom is -0.495 e. The predicted molar refractivity (Wildman–Crippen MR) is 82.4 cm³/mol. The van der Waals surface area contributed by atoms with Gasteiger partial charge in [-0.2, -0.15) is 0 Å². The summed E-state index contributed by atoms with van der Waals surface area (Å²) in [5.41, 5.74) is 7.57. The predicted octanol–water partition coefficient (Wildman–Crippen LogP) is 3.20. The molecule has 2 aromatic rings. The number of hydrogen-bond donors (Lipinski definition) is 2. The summed E-state index contributed by atoms with van der Waals surface area (Å²) in [7, 11) is 1.55. The first kappa shape index (κ1) is 13.2. The molecule has 0 fully saturated rings. The summed E-state index contributed by atoms with van der Waals surface area (Å²) in [6.07, 6.45) is 0. The van der Waals surface area contributed by atoms with Gasteiger partial charge in [-0.15, -0.1) is 11.3 Å². The van der Waals surface area contributed by atoms with Gasteiger partial charge in [0.1, 0.15) is 5.75 Å². The van der Waals surface area contributed by atoms with E-state index in [0.29, 0.717) is 22.7 Å². The molecular formula is C12H11IN2O2S. The van der Waals surface area contributed by atoms with Crippen molar-refractivity contribution in [2.24, 2.45) is 0 Å². The highest BCUT2D eigenvalue weighted by Crippen LogP contribution is 2.25. The zero-order valence-electron chi connectivity index (χ0n) is 9.57. The van der Waals surface area contributed by atoms with E-state index >= 15 is 0 Å². The first-order valence-corrected chi connectivity index (χ1v) is 7.05. The molecule has 0 aliphatic heterocycles. The van der Waals surface area contributed by atoms with Gasteiger partial charge >= 0.3 is 0 Å². The molecule has 0 aliphatic carbocycles. The molecule has 94 valence electrons. The van der Waals surface area contributed by atoms with Crippen LogP contribution in [0.5, 0.6) is 5.75 Å². The van der Waals surface area contributed by atoms with E-state index in [0.717, 1.165) is 2.88 Å². The Morgan fingerprint density at radius 3 is 2.78 bits per heavy atom. The van der Waals surface area contributed by atoms with Crippen LogP contribution in [0.4, 0.5) is 11.4 Å². The van der Waals surface area contributed by atoms with Gasteiger partial charge in [0.15, 0.2) is 0 Å². The topological polar surface area (TPSA) is 64.3 Å². The van der Waals surface area contributed by atoms with E-state index < -0.39 is 0 Å². The third kappa shape index (κ3) is 2.94. The number of carbonyl (C=O) groups excluding carboxylic acids is 1. The third-order valence-electron chi connectivity index (χ3n) is 2.32. The zero-order chi connectivity index (χ0) is 13.1. The highest BCUT2D eigenvalue weighted by atomic mass is 127. The standard InChI is InChI=1S/C12H11IN2O2S/c1-17-10-3-2-8(5-9(10)14)15-12(16)7-4-11(13)18-6-7/h2-6H,14H2,1H3,(H,15,16). The fourth-order valence-electron chi connectivity index (χ4n) is 1.44. The van der Waals surface area contributed by atoms with Crippen molar-refractivity contribution in [3.05, 3.63) is 38.1 Å². The minimum atomic E-state index is -0.140. The zero-order valence-corrected chi connectivity index (χ0v) is 12.5. The molecule has 1 amide bonds. The summed E-state index contributed by atoms with van der Waals surface area (Å²) in [6.45, 7) is 0. The number of benzene rings is 1. The van der Waals surface area contributed by atoms with Gasteiger partial charge in [-0.25, -0.2) is 0 Å². The first-order valence-electron chi connectivity index (χ1n) is 5.09. The number of ether oxygens (including phenoxy) is 1. The Hall–Kier alpha value is -1.28. The number of halogens is 1. The molecule has 6 heteroatoms. The average molecular weight is 374 g/mol. The van der Waals surface area contributed by atoms with Crippen LogP contribution in [0.15, 0.2) is 29.6 Å². The Morgan fingerprint density at radius 1 is 1.44 bits per heavy atom. The molecule has 0 atom stereocenters. The number of rotatable bonds is 3. The maximum Gasteiger partial charge on any atom is 0.256 e. The van der Waals surface area contributed by atoms with Crippen molar-refractivity contribution >= 4 is 51.2 Å². The Kier molecular flexibility index (Phi) is 4.07. The van der Waals surface area contributed by atoms with Gasteiger partial charge in [0, 0.05) is 11.1 Å². The van der Waals surface area contributed by atoms with E-state index in [1.807, 2.05) is 11.4 Å². The van der Waals surface area contributed by atoms with E-state index in [2.05, 4.69) is 27.9 Å². The van der Waals surface area contributed by atoms with Gasteiger partial charge in [-0.1, -0.05) is 0 Å². The Labute approximate surface area is 122 Å². The lowest BCUT2D eigenvalue weighted by molar-refractivity contribution is 0.102. The molecule has 1 aromatic carbocycles. The van der Waals surface area contributed by atoms with Crippen LogP contribution in [0.25, 0.3) is 0 Å². The van der Waals surface area contributed by atoms with Crippen molar-refractivity contribution in [3.63, 3.8) is 0 Å². The number of nitrogen functional groups attached to an aromatic ring is 1. The van der Waals surface area contributed by atoms with Crippen molar-refractivity contribution in [3.8, 4) is 5.75 Å². The van der Waals surface area contributed by atoms with Crippen LogP contribution in [0.2, 0.25) is 0 Å². The number of carbonyl (C=O) groups is 1. The van der Waals surface area contributed by atoms with Crippen LogP contribution in [-0.4, -0.2) is 13.0 Å².